The molecule has 2 aromatic rings. The van der Waals surface area contributed by atoms with E-state index in [9.17, 15) is 22.0 Å². The molecule has 2 atom stereocenters. The van der Waals surface area contributed by atoms with Gasteiger partial charge in [-0.2, -0.15) is 0 Å². The summed E-state index contributed by atoms with van der Waals surface area (Å²) in [5, 5.41) is -1.17. The molecule has 1 heterocycles. The number of rotatable bonds is 4. The molecule has 2 unspecified atom stereocenters. The second kappa shape index (κ2) is 8.14. The summed E-state index contributed by atoms with van der Waals surface area (Å²) in [6, 6.07) is 8.21. The average molecular weight is 430 g/mol. The number of hydrogen-bond acceptors (Lipinski definition) is 4. The van der Waals surface area contributed by atoms with Crippen molar-refractivity contribution in [3.8, 4) is 0 Å². The Kier molecular flexibility index (Phi) is 6.02. The van der Waals surface area contributed by atoms with Crippen molar-refractivity contribution in [1.82, 2.24) is 4.90 Å². The van der Waals surface area contributed by atoms with Gasteiger partial charge in [-0.3, -0.25) is 4.79 Å². The van der Waals surface area contributed by atoms with Crippen LogP contribution in [0.4, 0.5) is 8.78 Å². The zero-order valence-electron chi connectivity index (χ0n) is 14.9. The molecule has 0 aromatic heterocycles. The Hall–Kier alpha value is -2.03. The first-order valence-electron chi connectivity index (χ1n) is 8.55. The summed E-state index contributed by atoms with van der Waals surface area (Å²) < 4.78 is 57.4. The molecule has 0 radical (unpaired) electrons. The Morgan fingerprint density at radius 1 is 1.18 bits per heavy atom. The van der Waals surface area contributed by atoms with Crippen LogP contribution in [0.3, 0.4) is 0 Å². The SMILES string of the molecule is CC(C(=O)N1CCOC(c2ccc(F)cc2Cl)C1)S(=O)(=O)c1ccc(F)cc1. The maximum Gasteiger partial charge on any atom is 0.241 e. The molecule has 1 saturated heterocycles. The molecule has 2 aromatic carbocycles. The third kappa shape index (κ3) is 4.19. The minimum Gasteiger partial charge on any atom is -0.370 e. The molecule has 0 bridgehead atoms. The monoisotopic (exact) mass is 429 g/mol. The van der Waals surface area contributed by atoms with E-state index in [-0.39, 0.29) is 29.6 Å². The summed E-state index contributed by atoms with van der Waals surface area (Å²) in [4.78, 5) is 14.1. The van der Waals surface area contributed by atoms with E-state index in [0.29, 0.717) is 5.56 Å². The van der Waals surface area contributed by atoms with Gasteiger partial charge in [0.05, 0.1) is 18.0 Å². The van der Waals surface area contributed by atoms with Gasteiger partial charge in [-0.1, -0.05) is 17.7 Å². The molecular weight excluding hydrogens is 412 g/mol. The normalized spacial score (nSPS) is 18.7. The molecule has 150 valence electrons. The Balaban J connectivity index is 1.78. The van der Waals surface area contributed by atoms with E-state index in [2.05, 4.69) is 0 Å². The number of ether oxygens (including phenoxy) is 1. The molecular formula is C19H18ClF2NO4S. The van der Waals surface area contributed by atoms with Gasteiger partial charge in [0.1, 0.15) is 23.0 Å². The molecule has 1 fully saturated rings. The Morgan fingerprint density at radius 3 is 2.46 bits per heavy atom. The number of carbonyl (C=O) groups excluding carboxylic acids is 1. The van der Waals surface area contributed by atoms with Crippen molar-refractivity contribution in [3.05, 3.63) is 64.7 Å². The molecule has 5 nitrogen and oxygen atoms in total. The fraction of sp³-hybridized carbons (Fsp3) is 0.316. The molecule has 1 aliphatic heterocycles. The largest absolute Gasteiger partial charge is 0.370 e. The van der Waals surface area contributed by atoms with Gasteiger partial charge in [0.15, 0.2) is 9.84 Å². The van der Waals surface area contributed by atoms with E-state index in [0.717, 1.165) is 30.3 Å². The van der Waals surface area contributed by atoms with E-state index in [1.54, 1.807) is 0 Å². The van der Waals surface area contributed by atoms with Crippen molar-refractivity contribution >= 4 is 27.3 Å². The Labute approximate surface area is 166 Å². The van der Waals surface area contributed by atoms with E-state index in [4.69, 9.17) is 16.3 Å². The predicted molar refractivity (Wildman–Crippen MR) is 99.7 cm³/mol. The number of morpholine rings is 1. The van der Waals surface area contributed by atoms with E-state index in [1.807, 2.05) is 0 Å². The van der Waals surface area contributed by atoms with Gasteiger partial charge in [-0.15, -0.1) is 0 Å². The van der Waals surface area contributed by atoms with Crippen LogP contribution in [0.1, 0.15) is 18.6 Å². The number of hydrogen-bond donors (Lipinski definition) is 0. The second-order valence-electron chi connectivity index (χ2n) is 6.45. The third-order valence-electron chi connectivity index (χ3n) is 4.64. The summed E-state index contributed by atoms with van der Waals surface area (Å²) in [6.45, 7) is 1.80. The highest BCUT2D eigenvalue weighted by Crippen LogP contribution is 2.30. The van der Waals surface area contributed by atoms with Crippen LogP contribution >= 0.6 is 11.6 Å². The molecule has 9 heteroatoms. The number of benzene rings is 2. The van der Waals surface area contributed by atoms with Gasteiger partial charge in [0.25, 0.3) is 0 Å². The summed E-state index contributed by atoms with van der Waals surface area (Å²) in [5.74, 6) is -1.64. The standard InChI is InChI=1S/C19H18ClF2NO4S/c1-12(28(25,26)15-5-2-13(21)3-6-15)19(24)23-8-9-27-18(11-23)16-7-4-14(22)10-17(16)20/h2-7,10,12,18H,8-9,11H2,1H3. The molecule has 0 spiro atoms. The topological polar surface area (TPSA) is 63.7 Å². The molecule has 28 heavy (non-hydrogen) atoms. The third-order valence-corrected chi connectivity index (χ3v) is 7.03. The molecule has 0 saturated carbocycles. The Morgan fingerprint density at radius 2 is 1.82 bits per heavy atom. The van der Waals surface area contributed by atoms with Crippen LogP contribution in [0.15, 0.2) is 47.4 Å². The summed E-state index contributed by atoms with van der Waals surface area (Å²) >= 11 is 6.07. The zero-order valence-corrected chi connectivity index (χ0v) is 16.5. The van der Waals surface area contributed by atoms with Gasteiger partial charge in [-0.25, -0.2) is 17.2 Å². The van der Waals surface area contributed by atoms with Crippen molar-refractivity contribution in [2.45, 2.75) is 23.2 Å². The minimum absolute atomic E-state index is 0.0907. The number of amides is 1. The summed E-state index contributed by atoms with van der Waals surface area (Å²) in [5.41, 5.74) is 0.523. The number of carbonyl (C=O) groups is 1. The molecule has 0 N–H and O–H groups in total. The fourth-order valence-corrected chi connectivity index (χ4v) is 4.65. The lowest BCUT2D eigenvalue weighted by molar-refractivity contribution is -0.138. The highest BCUT2D eigenvalue weighted by Gasteiger charge is 2.36. The van der Waals surface area contributed by atoms with E-state index >= 15 is 0 Å². The summed E-state index contributed by atoms with van der Waals surface area (Å²) in [6.07, 6.45) is -0.591. The lowest BCUT2D eigenvalue weighted by atomic mass is 10.1. The lowest BCUT2D eigenvalue weighted by Crippen LogP contribution is -2.48. The molecule has 1 aliphatic rings. The minimum atomic E-state index is -3.97. The highest BCUT2D eigenvalue weighted by molar-refractivity contribution is 7.92. The molecule has 1 amide bonds. The number of sulfone groups is 1. The Bertz CT molecular complexity index is 982. The van der Waals surface area contributed by atoms with Crippen molar-refractivity contribution in [3.63, 3.8) is 0 Å². The zero-order chi connectivity index (χ0) is 20.5. The smallest absolute Gasteiger partial charge is 0.241 e. The van der Waals surface area contributed by atoms with Crippen LogP contribution < -0.4 is 0 Å². The van der Waals surface area contributed by atoms with Crippen LogP contribution in [-0.4, -0.2) is 44.2 Å². The first-order chi connectivity index (χ1) is 13.2. The van der Waals surface area contributed by atoms with Gasteiger partial charge >= 0.3 is 0 Å². The fourth-order valence-electron chi connectivity index (χ4n) is 3.02. The quantitative estimate of drug-likeness (QED) is 0.699. The van der Waals surface area contributed by atoms with Crippen molar-refractivity contribution in [2.24, 2.45) is 0 Å². The van der Waals surface area contributed by atoms with Gasteiger partial charge in [-0.05, 0) is 43.3 Å². The van der Waals surface area contributed by atoms with Crippen molar-refractivity contribution in [1.29, 1.82) is 0 Å². The van der Waals surface area contributed by atoms with Crippen LogP contribution in [-0.2, 0) is 19.4 Å². The average Bonchev–Trinajstić information content (AvgIpc) is 2.67. The van der Waals surface area contributed by atoms with E-state index in [1.165, 1.54) is 24.0 Å². The van der Waals surface area contributed by atoms with Crippen molar-refractivity contribution in [2.75, 3.05) is 19.7 Å². The highest BCUT2D eigenvalue weighted by atomic mass is 35.5. The molecule has 3 rings (SSSR count). The van der Waals surface area contributed by atoms with Gasteiger partial charge in [0.2, 0.25) is 5.91 Å². The second-order valence-corrected chi connectivity index (χ2v) is 9.13. The number of nitrogens with zero attached hydrogens (tertiary/aromatic N) is 1. The maximum absolute atomic E-state index is 13.3. The predicted octanol–water partition coefficient (Wildman–Crippen LogP) is 3.38. The first-order valence-corrected chi connectivity index (χ1v) is 10.5. The summed E-state index contributed by atoms with van der Waals surface area (Å²) in [7, 11) is -3.97. The first kappa shape index (κ1) is 20.7. The van der Waals surface area contributed by atoms with E-state index < -0.39 is 38.7 Å². The molecule has 0 aliphatic carbocycles. The lowest BCUT2D eigenvalue weighted by Gasteiger charge is -2.34. The van der Waals surface area contributed by atoms with Gasteiger partial charge in [0, 0.05) is 17.1 Å². The number of halogens is 3. The van der Waals surface area contributed by atoms with Crippen molar-refractivity contribution < 1.29 is 26.7 Å². The van der Waals surface area contributed by atoms with Crippen LogP contribution in [0.5, 0.6) is 0 Å². The van der Waals surface area contributed by atoms with Crippen LogP contribution in [0.2, 0.25) is 5.02 Å². The van der Waals surface area contributed by atoms with Gasteiger partial charge < -0.3 is 9.64 Å². The maximum atomic E-state index is 13.3. The van der Waals surface area contributed by atoms with Crippen LogP contribution in [0, 0.1) is 11.6 Å². The van der Waals surface area contributed by atoms with Crippen LogP contribution in [0.25, 0.3) is 0 Å².